The van der Waals surface area contributed by atoms with Crippen molar-refractivity contribution in [2.24, 2.45) is 0 Å². The van der Waals surface area contributed by atoms with Crippen molar-refractivity contribution in [1.82, 2.24) is 0 Å². The number of rotatable bonds is 7. The van der Waals surface area contributed by atoms with Crippen LogP contribution in [0.1, 0.15) is 16.4 Å². The molecule has 0 radical (unpaired) electrons. The summed E-state index contributed by atoms with van der Waals surface area (Å²) in [6.07, 6.45) is 0. The topological polar surface area (TPSA) is 53.2 Å². The standard InChI is InChI=1S/C28H25N3OS2/c1-20-10-8-9-15-25(20)31-27(32)26(21-11-4-2-5-12-21)34-24-18-16-23(17-19-24)30-28(33)29-22-13-6-3-7-14-22/h2-19,26H,1H3,(H,31,32)(H2,29,30,33). The van der Waals surface area contributed by atoms with Crippen LogP contribution in [-0.4, -0.2) is 11.0 Å². The van der Waals surface area contributed by atoms with Crippen LogP contribution in [0.3, 0.4) is 0 Å². The van der Waals surface area contributed by atoms with Crippen molar-refractivity contribution in [2.45, 2.75) is 17.1 Å². The Balaban J connectivity index is 1.45. The average Bonchev–Trinajstić information content (AvgIpc) is 2.86. The van der Waals surface area contributed by atoms with Crippen molar-refractivity contribution in [3.63, 3.8) is 0 Å². The quantitative estimate of drug-likeness (QED) is 0.191. The molecule has 0 aliphatic rings. The number of thiocarbonyl (C=S) groups is 1. The molecule has 170 valence electrons. The number of thioether (sulfide) groups is 1. The number of amides is 1. The molecule has 0 aliphatic carbocycles. The van der Waals surface area contributed by atoms with E-state index in [9.17, 15) is 4.79 Å². The van der Waals surface area contributed by atoms with Crippen molar-refractivity contribution < 1.29 is 4.79 Å². The summed E-state index contributed by atoms with van der Waals surface area (Å²) in [7, 11) is 0. The number of hydrogen-bond acceptors (Lipinski definition) is 3. The van der Waals surface area contributed by atoms with Gasteiger partial charge in [-0.25, -0.2) is 0 Å². The molecule has 6 heteroatoms. The molecule has 0 aliphatic heterocycles. The van der Waals surface area contributed by atoms with Crippen LogP contribution in [0.2, 0.25) is 0 Å². The molecule has 0 saturated carbocycles. The van der Waals surface area contributed by atoms with E-state index in [1.165, 1.54) is 11.8 Å². The Kier molecular flexibility index (Phi) is 7.96. The SMILES string of the molecule is Cc1ccccc1NC(=O)C(Sc1ccc(NC(=S)Nc2ccccc2)cc1)c1ccccc1. The summed E-state index contributed by atoms with van der Waals surface area (Å²) in [5.41, 5.74) is 4.61. The molecule has 0 heterocycles. The largest absolute Gasteiger partial charge is 0.332 e. The molecule has 0 fully saturated rings. The van der Waals surface area contributed by atoms with Crippen LogP contribution in [0.5, 0.6) is 0 Å². The molecule has 4 aromatic carbocycles. The fraction of sp³-hybridized carbons (Fsp3) is 0.0714. The van der Waals surface area contributed by atoms with Gasteiger partial charge in [-0.15, -0.1) is 11.8 Å². The summed E-state index contributed by atoms with van der Waals surface area (Å²) in [6, 6.07) is 35.3. The van der Waals surface area contributed by atoms with Crippen LogP contribution >= 0.6 is 24.0 Å². The Morgan fingerprint density at radius 3 is 1.91 bits per heavy atom. The van der Waals surface area contributed by atoms with E-state index >= 15 is 0 Å². The van der Waals surface area contributed by atoms with E-state index in [1.54, 1.807) is 0 Å². The Labute approximate surface area is 209 Å². The first-order chi connectivity index (χ1) is 16.6. The van der Waals surface area contributed by atoms with Gasteiger partial charge in [0.15, 0.2) is 5.11 Å². The van der Waals surface area contributed by atoms with E-state index in [0.29, 0.717) is 5.11 Å². The minimum Gasteiger partial charge on any atom is -0.332 e. The summed E-state index contributed by atoms with van der Waals surface area (Å²) in [5.74, 6) is -0.0547. The lowest BCUT2D eigenvalue weighted by Gasteiger charge is -2.18. The van der Waals surface area contributed by atoms with Gasteiger partial charge >= 0.3 is 0 Å². The molecular formula is C28H25N3OS2. The van der Waals surface area contributed by atoms with Crippen molar-refractivity contribution in [3.05, 3.63) is 120 Å². The predicted molar refractivity (Wildman–Crippen MR) is 148 cm³/mol. The molecule has 1 atom stereocenters. The average molecular weight is 484 g/mol. The maximum absolute atomic E-state index is 13.3. The molecular weight excluding hydrogens is 458 g/mol. The number of benzene rings is 4. The zero-order valence-electron chi connectivity index (χ0n) is 18.7. The summed E-state index contributed by atoms with van der Waals surface area (Å²) >= 11 is 6.93. The van der Waals surface area contributed by atoms with E-state index in [2.05, 4.69) is 16.0 Å². The van der Waals surface area contributed by atoms with Gasteiger partial charge in [0.2, 0.25) is 5.91 Å². The summed E-state index contributed by atoms with van der Waals surface area (Å²) in [5, 5.41) is 9.58. The van der Waals surface area contributed by atoms with Crippen molar-refractivity contribution in [2.75, 3.05) is 16.0 Å². The van der Waals surface area contributed by atoms with Gasteiger partial charge in [-0.3, -0.25) is 4.79 Å². The van der Waals surface area contributed by atoms with Crippen LogP contribution in [0.25, 0.3) is 0 Å². The third-order valence-corrected chi connectivity index (χ3v) is 6.61. The monoisotopic (exact) mass is 483 g/mol. The first-order valence-corrected chi connectivity index (χ1v) is 12.2. The normalized spacial score (nSPS) is 11.3. The lowest BCUT2D eigenvalue weighted by molar-refractivity contribution is -0.115. The Bertz CT molecular complexity index is 1250. The lowest BCUT2D eigenvalue weighted by atomic mass is 10.1. The number of nitrogens with one attached hydrogen (secondary N) is 3. The second-order valence-electron chi connectivity index (χ2n) is 7.68. The Hall–Kier alpha value is -3.61. The summed E-state index contributed by atoms with van der Waals surface area (Å²) < 4.78 is 0. The van der Waals surface area contributed by atoms with Crippen molar-refractivity contribution in [3.8, 4) is 0 Å². The molecule has 0 aromatic heterocycles. The number of hydrogen-bond donors (Lipinski definition) is 3. The smallest absolute Gasteiger partial charge is 0.242 e. The van der Waals surface area contributed by atoms with Crippen molar-refractivity contribution >= 4 is 52.1 Å². The third-order valence-electron chi connectivity index (χ3n) is 5.14. The molecule has 4 rings (SSSR count). The Morgan fingerprint density at radius 2 is 1.26 bits per heavy atom. The van der Waals surface area contributed by atoms with E-state index < -0.39 is 0 Å². The number of carbonyl (C=O) groups is 1. The van der Waals surface area contributed by atoms with E-state index in [-0.39, 0.29) is 11.2 Å². The molecule has 34 heavy (non-hydrogen) atoms. The third kappa shape index (κ3) is 6.47. The second-order valence-corrected chi connectivity index (χ2v) is 9.27. The Morgan fingerprint density at radius 1 is 0.706 bits per heavy atom. The molecule has 3 N–H and O–H groups in total. The molecule has 0 bridgehead atoms. The van der Waals surface area contributed by atoms with E-state index in [1.807, 2.05) is 116 Å². The van der Waals surface area contributed by atoms with Crippen LogP contribution in [0.15, 0.2) is 114 Å². The highest BCUT2D eigenvalue weighted by atomic mass is 32.2. The number of aryl methyl sites for hydroxylation is 1. The maximum Gasteiger partial charge on any atom is 0.242 e. The molecule has 1 amide bonds. The van der Waals surface area contributed by atoms with Gasteiger partial charge < -0.3 is 16.0 Å². The minimum absolute atomic E-state index is 0.0547. The molecule has 4 aromatic rings. The molecule has 4 nitrogen and oxygen atoms in total. The number of para-hydroxylation sites is 2. The van der Waals surface area contributed by atoms with Crippen LogP contribution < -0.4 is 16.0 Å². The first-order valence-electron chi connectivity index (χ1n) is 10.9. The van der Waals surface area contributed by atoms with E-state index in [4.69, 9.17) is 12.2 Å². The van der Waals surface area contributed by atoms with Gasteiger partial charge in [0.1, 0.15) is 5.25 Å². The fourth-order valence-electron chi connectivity index (χ4n) is 3.38. The molecule has 1 unspecified atom stereocenters. The van der Waals surface area contributed by atoms with Gasteiger partial charge in [-0.05, 0) is 72.7 Å². The van der Waals surface area contributed by atoms with Crippen molar-refractivity contribution in [1.29, 1.82) is 0 Å². The van der Waals surface area contributed by atoms with Crippen LogP contribution in [0, 0.1) is 6.92 Å². The summed E-state index contributed by atoms with van der Waals surface area (Å²) in [6.45, 7) is 1.99. The minimum atomic E-state index is -0.388. The zero-order valence-corrected chi connectivity index (χ0v) is 20.3. The van der Waals surface area contributed by atoms with Gasteiger partial charge in [-0.1, -0.05) is 66.7 Å². The first kappa shape index (κ1) is 23.5. The second kappa shape index (κ2) is 11.5. The molecule has 0 spiro atoms. The van der Waals surface area contributed by atoms with Gasteiger partial charge in [0, 0.05) is 22.0 Å². The highest BCUT2D eigenvalue weighted by Gasteiger charge is 2.22. The van der Waals surface area contributed by atoms with Gasteiger partial charge in [-0.2, -0.15) is 0 Å². The van der Waals surface area contributed by atoms with Crippen LogP contribution in [-0.2, 0) is 4.79 Å². The lowest BCUT2D eigenvalue weighted by Crippen LogP contribution is -2.19. The highest BCUT2D eigenvalue weighted by Crippen LogP contribution is 2.37. The number of anilines is 3. The fourth-order valence-corrected chi connectivity index (χ4v) is 4.64. The summed E-state index contributed by atoms with van der Waals surface area (Å²) in [4.78, 5) is 14.3. The number of carbonyl (C=O) groups excluding carboxylic acids is 1. The molecule has 0 saturated heterocycles. The van der Waals surface area contributed by atoms with Gasteiger partial charge in [0.25, 0.3) is 0 Å². The van der Waals surface area contributed by atoms with Crippen LogP contribution in [0.4, 0.5) is 17.1 Å². The zero-order chi connectivity index (χ0) is 23.8. The predicted octanol–water partition coefficient (Wildman–Crippen LogP) is 7.28. The van der Waals surface area contributed by atoms with Gasteiger partial charge in [0.05, 0.1) is 0 Å². The maximum atomic E-state index is 13.3. The highest BCUT2D eigenvalue weighted by molar-refractivity contribution is 8.00. The van der Waals surface area contributed by atoms with E-state index in [0.717, 1.165) is 33.1 Å².